The van der Waals surface area contributed by atoms with Gasteiger partial charge in [0.1, 0.15) is 0 Å². The third-order valence-electron chi connectivity index (χ3n) is 7.00. The average molecular weight is 430 g/mol. The van der Waals surface area contributed by atoms with E-state index in [1.165, 1.54) is 66.0 Å². The van der Waals surface area contributed by atoms with Crippen LogP contribution >= 0.6 is 0 Å². The van der Waals surface area contributed by atoms with E-state index in [9.17, 15) is 4.79 Å². The van der Waals surface area contributed by atoms with Crippen LogP contribution in [0.5, 0.6) is 0 Å². The molecule has 1 saturated carbocycles. The van der Waals surface area contributed by atoms with Gasteiger partial charge >= 0.3 is 0 Å². The number of allylic oxidation sites excluding steroid dienone is 1. The highest BCUT2D eigenvalue weighted by molar-refractivity contribution is 5.86. The van der Waals surface area contributed by atoms with Crippen molar-refractivity contribution in [3.63, 3.8) is 0 Å². The Kier molecular flexibility index (Phi) is 9.34. The molecule has 1 fully saturated rings. The molecule has 1 N–H and O–H groups in total. The Balaban J connectivity index is 1.59. The lowest BCUT2D eigenvalue weighted by atomic mass is 9.77. The van der Waals surface area contributed by atoms with E-state index in [-0.39, 0.29) is 5.91 Å². The third kappa shape index (κ3) is 6.69. The van der Waals surface area contributed by atoms with Crippen molar-refractivity contribution in [1.29, 1.82) is 0 Å². The number of benzene rings is 2. The summed E-state index contributed by atoms with van der Waals surface area (Å²) in [4.78, 5) is 11.3. The smallest absolute Gasteiger partial charge is 0.243 e. The van der Waals surface area contributed by atoms with Gasteiger partial charge in [-0.1, -0.05) is 62.0 Å². The largest absolute Gasteiger partial charge is 0.353 e. The van der Waals surface area contributed by atoms with Crippen LogP contribution in [-0.2, 0) is 17.6 Å². The predicted octanol–water partition coefficient (Wildman–Crippen LogP) is 7.39. The van der Waals surface area contributed by atoms with Crippen molar-refractivity contribution >= 4 is 5.91 Å². The first-order chi connectivity index (χ1) is 15.6. The van der Waals surface area contributed by atoms with E-state index in [2.05, 4.69) is 73.9 Å². The van der Waals surface area contributed by atoms with E-state index >= 15 is 0 Å². The number of carbonyl (C=O) groups excluding carboxylic acids is 1. The number of hydrogen-bond donors (Lipinski definition) is 1. The highest BCUT2D eigenvalue weighted by Gasteiger charge is 2.22. The molecule has 1 aliphatic rings. The second-order valence-corrected chi connectivity index (χ2v) is 9.15. The molecule has 0 radical (unpaired) electrons. The Morgan fingerprint density at radius 2 is 1.81 bits per heavy atom. The van der Waals surface area contributed by atoms with E-state index in [0.717, 1.165) is 37.5 Å². The van der Waals surface area contributed by atoms with Gasteiger partial charge in [-0.15, -0.1) is 6.58 Å². The van der Waals surface area contributed by atoms with Crippen LogP contribution in [0.15, 0.2) is 67.8 Å². The van der Waals surface area contributed by atoms with Gasteiger partial charge in [-0.3, -0.25) is 4.79 Å². The van der Waals surface area contributed by atoms with Gasteiger partial charge in [-0.2, -0.15) is 0 Å². The topological polar surface area (TPSA) is 29.1 Å². The summed E-state index contributed by atoms with van der Waals surface area (Å²) in [5, 5.41) is 2.85. The summed E-state index contributed by atoms with van der Waals surface area (Å²) in [7, 11) is 0. The SMILES string of the molecule is C=CCCC1CCC(c2ccc(-c3ccc(CCCNC(=O)C=C)cc3CC)cc2)CC1. The molecule has 0 saturated heterocycles. The maximum absolute atomic E-state index is 11.3. The molecule has 3 rings (SSSR count). The highest BCUT2D eigenvalue weighted by Crippen LogP contribution is 2.38. The molecule has 1 aliphatic carbocycles. The summed E-state index contributed by atoms with van der Waals surface area (Å²) < 4.78 is 0. The molecule has 1 amide bonds. The van der Waals surface area contributed by atoms with Crippen molar-refractivity contribution in [2.24, 2.45) is 5.92 Å². The Labute approximate surface area is 194 Å². The minimum atomic E-state index is -0.0984. The monoisotopic (exact) mass is 429 g/mol. The maximum Gasteiger partial charge on any atom is 0.243 e. The normalized spacial score (nSPS) is 18.2. The Morgan fingerprint density at radius 1 is 1.06 bits per heavy atom. The van der Waals surface area contributed by atoms with Crippen LogP contribution in [0.2, 0.25) is 0 Å². The minimum absolute atomic E-state index is 0.0984. The van der Waals surface area contributed by atoms with E-state index in [4.69, 9.17) is 0 Å². The van der Waals surface area contributed by atoms with Gasteiger partial charge in [0.05, 0.1) is 0 Å². The van der Waals surface area contributed by atoms with Gasteiger partial charge in [-0.05, 0) is 104 Å². The van der Waals surface area contributed by atoms with Crippen molar-refractivity contribution in [2.75, 3.05) is 6.54 Å². The lowest BCUT2D eigenvalue weighted by Gasteiger charge is -2.28. The van der Waals surface area contributed by atoms with Gasteiger partial charge in [0.15, 0.2) is 0 Å². The zero-order valence-electron chi connectivity index (χ0n) is 19.7. The van der Waals surface area contributed by atoms with E-state index in [0.29, 0.717) is 6.54 Å². The van der Waals surface area contributed by atoms with Gasteiger partial charge in [-0.25, -0.2) is 0 Å². The number of aryl methyl sites for hydroxylation is 2. The molecule has 0 spiro atoms. The fourth-order valence-electron chi connectivity index (χ4n) is 5.03. The first-order valence-corrected chi connectivity index (χ1v) is 12.4. The molecule has 2 aromatic carbocycles. The summed E-state index contributed by atoms with van der Waals surface area (Å²) in [6.07, 6.45) is 14.2. The molecule has 0 atom stereocenters. The fourth-order valence-corrected chi connectivity index (χ4v) is 5.03. The standard InChI is InChI=1S/C30H39NO/c1-4-7-9-23-11-14-26(15-12-23)27-16-18-28(19-17-27)29-20-13-24(22-25(29)5-2)10-8-21-31-30(32)6-3/h4,6,13,16-20,22-23,26H,1,3,5,7-12,14-15,21H2,2H3,(H,31,32). The Hall–Kier alpha value is -2.61. The molecule has 0 aliphatic heterocycles. The number of nitrogens with one attached hydrogen (secondary N) is 1. The first-order valence-electron chi connectivity index (χ1n) is 12.4. The van der Waals surface area contributed by atoms with E-state index in [1.54, 1.807) is 0 Å². The number of rotatable bonds is 11. The van der Waals surface area contributed by atoms with Crippen LogP contribution in [0.3, 0.4) is 0 Å². The van der Waals surface area contributed by atoms with E-state index < -0.39 is 0 Å². The molecular weight excluding hydrogens is 390 g/mol. The third-order valence-corrected chi connectivity index (χ3v) is 7.00. The van der Waals surface area contributed by atoms with Crippen LogP contribution in [0.25, 0.3) is 11.1 Å². The van der Waals surface area contributed by atoms with Gasteiger partial charge < -0.3 is 5.32 Å². The molecule has 2 heteroatoms. The van der Waals surface area contributed by atoms with Gasteiger partial charge in [0.2, 0.25) is 5.91 Å². The molecule has 0 unspecified atom stereocenters. The lowest BCUT2D eigenvalue weighted by Crippen LogP contribution is -2.22. The van der Waals surface area contributed by atoms with Crippen molar-refractivity contribution in [3.8, 4) is 11.1 Å². The molecule has 0 aromatic heterocycles. The fraction of sp³-hybridized carbons (Fsp3) is 0.433. The van der Waals surface area contributed by atoms with Crippen molar-refractivity contribution in [3.05, 3.63) is 84.5 Å². The van der Waals surface area contributed by atoms with Crippen LogP contribution in [0.4, 0.5) is 0 Å². The van der Waals surface area contributed by atoms with Crippen molar-refractivity contribution < 1.29 is 4.79 Å². The summed E-state index contributed by atoms with van der Waals surface area (Å²) in [6, 6.07) is 16.2. The molecule has 2 aromatic rings. The molecule has 0 heterocycles. The number of hydrogen-bond acceptors (Lipinski definition) is 1. The zero-order chi connectivity index (χ0) is 22.8. The van der Waals surface area contributed by atoms with Crippen LogP contribution in [0.1, 0.15) is 74.5 Å². The number of amides is 1. The maximum atomic E-state index is 11.3. The summed E-state index contributed by atoms with van der Waals surface area (Å²) in [6.45, 7) is 10.3. The Bertz CT molecular complexity index is 888. The Morgan fingerprint density at radius 3 is 2.47 bits per heavy atom. The van der Waals surface area contributed by atoms with E-state index in [1.807, 2.05) is 0 Å². The van der Waals surface area contributed by atoms with Gasteiger partial charge in [0.25, 0.3) is 0 Å². The second kappa shape index (κ2) is 12.4. The van der Waals surface area contributed by atoms with Crippen LogP contribution < -0.4 is 5.32 Å². The van der Waals surface area contributed by atoms with Crippen molar-refractivity contribution in [2.45, 2.75) is 70.6 Å². The zero-order valence-corrected chi connectivity index (χ0v) is 19.7. The molecule has 170 valence electrons. The number of carbonyl (C=O) groups is 1. The molecule has 0 bridgehead atoms. The molecule has 32 heavy (non-hydrogen) atoms. The summed E-state index contributed by atoms with van der Waals surface area (Å²) in [5.41, 5.74) is 6.90. The molecule has 2 nitrogen and oxygen atoms in total. The average Bonchev–Trinajstić information content (AvgIpc) is 2.85. The summed E-state index contributed by atoms with van der Waals surface area (Å²) >= 11 is 0. The molecular formula is C30H39NO. The van der Waals surface area contributed by atoms with Crippen LogP contribution in [0, 0.1) is 5.92 Å². The lowest BCUT2D eigenvalue weighted by molar-refractivity contribution is -0.116. The quantitative estimate of drug-likeness (QED) is 0.225. The second-order valence-electron chi connectivity index (χ2n) is 9.15. The van der Waals surface area contributed by atoms with Crippen LogP contribution in [-0.4, -0.2) is 12.5 Å². The summed E-state index contributed by atoms with van der Waals surface area (Å²) in [5.74, 6) is 1.52. The first kappa shape index (κ1) is 24.0. The minimum Gasteiger partial charge on any atom is -0.353 e. The van der Waals surface area contributed by atoms with Crippen molar-refractivity contribution in [1.82, 2.24) is 5.32 Å². The highest BCUT2D eigenvalue weighted by atomic mass is 16.1. The van der Waals surface area contributed by atoms with Gasteiger partial charge in [0, 0.05) is 6.54 Å². The predicted molar refractivity (Wildman–Crippen MR) is 137 cm³/mol.